The average molecular weight is 437 g/mol. The van der Waals surface area contributed by atoms with Crippen LogP contribution in [0.5, 0.6) is 0 Å². The molecule has 4 rings (SSSR count). The predicted octanol–water partition coefficient (Wildman–Crippen LogP) is 4.56. The van der Waals surface area contributed by atoms with Crippen LogP contribution in [0.3, 0.4) is 0 Å². The van der Waals surface area contributed by atoms with E-state index in [0.29, 0.717) is 5.69 Å². The summed E-state index contributed by atoms with van der Waals surface area (Å²) in [7, 11) is 0. The van der Waals surface area contributed by atoms with Crippen molar-refractivity contribution in [2.45, 2.75) is 59.2 Å². The van der Waals surface area contributed by atoms with E-state index in [1.165, 1.54) is 0 Å². The molecule has 1 aromatic carbocycles. The second-order valence-electron chi connectivity index (χ2n) is 9.39. The van der Waals surface area contributed by atoms with Crippen LogP contribution < -0.4 is 10.2 Å². The van der Waals surface area contributed by atoms with Crippen LogP contribution in [0.25, 0.3) is 10.6 Å². The highest BCUT2D eigenvalue weighted by atomic mass is 32.1. The minimum atomic E-state index is -1.13. The van der Waals surface area contributed by atoms with Gasteiger partial charge in [-0.15, -0.1) is 11.3 Å². The highest BCUT2D eigenvalue weighted by Crippen LogP contribution is 2.37. The first kappa shape index (κ1) is 21.3. The molecule has 2 aromatic heterocycles. The van der Waals surface area contributed by atoms with E-state index in [1.807, 2.05) is 83.3 Å². The maximum Gasteiger partial charge on any atom is 0.277 e. The highest BCUT2D eigenvalue weighted by Gasteiger charge is 2.50. The van der Waals surface area contributed by atoms with E-state index >= 15 is 0 Å². The summed E-state index contributed by atoms with van der Waals surface area (Å²) in [5.41, 5.74) is 2.49. The van der Waals surface area contributed by atoms with E-state index in [-0.39, 0.29) is 18.4 Å². The fraction of sp³-hybridized carbons (Fsp3) is 0.375. The van der Waals surface area contributed by atoms with Crippen molar-refractivity contribution in [3.05, 3.63) is 58.6 Å². The molecule has 2 amide bonds. The molecule has 3 heterocycles. The summed E-state index contributed by atoms with van der Waals surface area (Å²) in [6.07, 6.45) is 0. The van der Waals surface area contributed by atoms with E-state index in [1.54, 1.807) is 20.9 Å². The molecule has 0 spiro atoms. The van der Waals surface area contributed by atoms with Crippen LogP contribution in [0.15, 0.2) is 41.8 Å². The van der Waals surface area contributed by atoms with Gasteiger partial charge in [-0.3, -0.25) is 19.2 Å². The Morgan fingerprint density at radius 3 is 2.58 bits per heavy atom. The Bertz CT molecular complexity index is 1160. The Morgan fingerprint density at radius 2 is 1.94 bits per heavy atom. The van der Waals surface area contributed by atoms with Gasteiger partial charge in [0, 0.05) is 11.2 Å². The number of rotatable bonds is 3. The van der Waals surface area contributed by atoms with Crippen molar-refractivity contribution >= 4 is 28.8 Å². The Balaban J connectivity index is 1.88. The summed E-state index contributed by atoms with van der Waals surface area (Å²) in [6.45, 7) is 11.9. The Labute approximate surface area is 186 Å². The Hall–Kier alpha value is -2.93. The van der Waals surface area contributed by atoms with Gasteiger partial charge in [0.2, 0.25) is 5.91 Å². The summed E-state index contributed by atoms with van der Waals surface area (Å²) in [5, 5.41) is 9.75. The van der Waals surface area contributed by atoms with E-state index in [4.69, 9.17) is 0 Å². The van der Waals surface area contributed by atoms with Gasteiger partial charge in [-0.25, -0.2) is 0 Å². The van der Waals surface area contributed by atoms with E-state index in [9.17, 15) is 9.59 Å². The normalized spacial score (nSPS) is 18.8. The van der Waals surface area contributed by atoms with E-state index in [2.05, 4.69) is 10.4 Å². The third-order valence-electron chi connectivity index (χ3n) is 5.72. The minimum absolute atomic E-state index is 0.201. The lowest BCUT2D eigenvalue weighted by Gasteiger charge is -2.45. The molecule has 0 saturated heterocycles. The molecule has 7 heteroatoms. The number of anilines is 1. The third-order valence-corrected chi connectivity index (χ3v) is 6.61. The van der Waals surface area contributed by atoms with Crippen LogP contribution in [-0.4, -0.2) is 32.7 Å². The minimum Gasteiger partial charge on any atom is -0.349 e. The van der Waals surface area contributed by atoms with Crippen molar-refractivity contribution in [3.8, 4) is 10.6 Å². The zero-order valence-electron chi connectivity index (χ0n) is 18.8. The molecule has 1 aliphatic heterocycles. The fourth-order valence-corrected chi connectivity index (χ4v) is 4.64. The number of benzene rings is 1. The number of aryl methyl sites for hydroxylation is 1. The van der Waals surface area contributed by atoms with Gasteiger partial charge in [0.15, 0.2) is 0 Å². The zero-order valence-corrected chi connectivity index (χ0v) is 19.6. The van der Waals surface area contributed by atoms with Crippen molar-refractivity contribution in [1.82, 2.24) is 15.1 Å². The lowest BCUT2D eigenvalue weighted by atomic mass is 9.91. The number of nitrogens with zero attached hydrogens (tertiary/aromatic N) is 3. The number of carbonyl (C=O) groups excluding carboxylic acids is 2. The third kappa shape index (κ3) is 3.67. The van der Waals surface area contributed by atoms with Gasteiger partial charge in [0.1, 0.15) is 16.9 Å². The van der Waals surface area contributed by atoms with Crippen molar-refractivity contribution in [2.75, 3.05) is 4.90 Å². The molecule has 0 bridgehead atoms. The number of amides is 2. The molecule has 1 aliphatic rings. The molecule has 31 heavy (non-hydrogen) atoms. The Kier molecular flexibility index (Phi) is 5.04. The van der Waals surface area contributed by atoms with Gasteiger partial charge < -0.3 is 5.32 Å². The van der Waals surface area contributed by atoms with Gasteiger partial charge >= 0.3 is 0 Å². The van der Waals surface area contributed by atoms with Crippen molar-refractivity contribution < 1.29 is 9.59 Å². The van der Waals surface area contributed by atoms with Crippen LogP contribution in [0.2, 0.25) is 0 Å². The molecule has 0 unspecified atom stereocenters. The molecule has 6 nitrogen and oxygen atoms in total. The molecule has 1 atom stereocenters. The van der Waals surface area contributed by atoms with Crippen LogP contribution in [0.1, 0.15) is 49.3 Å². The first-order valence-corrected chi connectivity index (χ1v) is 11.2. The lowest BCUT2D eigenvalue weighted by molar-refractivity contribution is -0.128. The smallest absolute Gasteiger partial charge is 0.277 e. The number of hydrogen-bond donors (Lipinski definition) is 1. The van der Waals surface area contributed by atoms with Gasteiger partial charge in [-0.2, -0.15) is 5.10 Å². The van der Waals surface area contributed by atoms with Gasteiger partial charge in [0.25, 0.3) is 5.91 Å². The molecule has 0 radical (unpaired) electrons. The molecule has 0 fully saturated rings. The number of fused-ring (bicyclic) bond motifs is 1. The number of hydrogen-bond acceptors (Lipinski definition) is 4. The number of aromatic nitrogens is 2. The predicted molar refractivity (Wildman–Crippen MR) is 125 cm³/mol. The maximum absolute atomic E-state index is 13.8. The first-order chi connectivity index (χ1) is 14.5. The van der Waals surface area contributed by atoms with Crippen LogP contribution >= 0.6 is 11.3 Å². The van der Waals surface area contributed by atoms with Crippen molar-refractivity contribution in [1.29, 1.82) is 0 Å². The van der Waals surface area contributed by atoms with Crippen molar-refractivity contribution in [2.24, 2.45) is 0 Å². The lowest BCUT2D eigenvalue weighted by Crippen LogP contribution is -2.66. The zero-order chi connectivity index (χ0) is 22.6. The maximum atomic E-state index is 13.8. The largest absolute Gasteiger partial charge is 0.349 e. The molecule has 0 aliphatic carbocycles. The topological polar surface area (TPSA) is 67.2 Å². The molecular formula is C24H28N4O2S. The summed E-state index contributed by atoms with van der Waals surface area (Å²) in [6, 6.07) is 11.6. The molecule has 1 N–H and O–H groups in total. The van der Waals surface area contributed by atoms with E-state index in [0.717, 1.165) is 27.4 Å². The SMILES string of the molecule is Cc1cccc(N2C(=O)c3cc(-c4cccs4)nn3C[C@]2(C)C(=O)NC(C)(C)C)c1C. The summed E-state index contributed by atoms with van der Waals surface area (Å²) >= 11 is 1.58. The van der Waals surface area contributed by atoms with Gasteiger partial charge in [0.05, 0.1) is 11.4 Å². The van der Waals surface area contributed by atoms with E-state index < -0.39 is 11.1 Å². The standard InChI is InChI=1S/C24H28N4O2S/c1-15-9-7-10-18(16(15)2)28-21(29)19-13-17(20-11-8-12-31-20)26-27(19)14-24(28,6)22(30)25-23(3,4)5/h7-13H,14H2,1-6H3,(H,25,30)/t24-/m1/s1. The summed E-state index contributed by atoms with van der Waals surface area (Å²) in [4.78, 5) is 30.1. The molecule has 162 valence electrons. The van der Waals surface area contributed by atoms with Crippen LogP contribution in [-0.2, 0) is 11.3 Å². The van der Waals surface area contributed by atoms with Crippen LogP contribution in [0, 0.1) is 13.8 Å². The quantitative estimate of drug-likeness (QED) is 0.654. The molecule has 0 saturated carbocycles. The second-order valence-corrected chi connectivity index (χ2v) is 10.3. The molecule has 3 aromatic rings. The summed E-state index contributed by atoms with van der Waals surface area (Å²) < 4.78 is 1.68. The second kappa shape index (κ2) is 7.34. The monoisotopic (exact) mass is 436 g/mol. The number of thiophene rings is 1. The fourth-order valence-electron chi connectivity index (χ4n) is 3.96. The average Bonchev–Trinajstić information content (AvgIpc) is 3.33. The first-order valence-electron chi connectivity index (χ1n) is 10.4. The number of carbonyl (C=O) groups is 2. The van der Waals surface area contributed by atoms with Crippen LogP contribution in [0.4, 0.5) is 5.69 Å². The highest BCUT2D eigenvalue weighted by molar-refractivity contribution is 7.13. The summed E-state index contributed by atoms with van der Waals surface area (Å²) in [5.74, 6) is -0.421. The van der Waals surface area contributed by atoms with Crippen molar-refractivity contribution in [3.63, 3.8) is 0 Å². The molecular weight excluding hydrogens is 408 g/mol. The number of nitrogens with one attached hydrogen (secondary N) is 1. The Morgan fingerprint density at radius 1 is 1.19 bits per heavy atom. The van der Waals surface area contributed by atoms with Gasteiger partial charge in [-0.1, -0.05) is 18.2 Å². The van der Waals surface area contributed by atoms with Gasteiger partial charge in [-0.05, 0) is 76.2 Å².